The summed E-state index contributed by atoms with van der Waals surface area (Å²) < 4.78 is 5.07. The average molecular weight is 255 g/mol. The summed E-state index contributed by atoms with van der Waals surface area (Å²) in [5.74, 6) is 0. The Labute approximate surface area is 109 Å². The summed E-state index contributed by atoms with van der Waals surface area (Å²) >= 11 is 0. The van der Waals surface area contributed by atoms with E-state index in [4.69, 9.17) is 4.74 Å². The summed E-state index contributed by atoms with van der Waals surface area (Å²) in [5, 5.41) is 3.15. The summed E-state index contributed by atoms with van der Waals surface area (Å²) in [5.41, 5.74) is 0. The molecule has 5 heteroatoms. The molecule has 2 amide bonds. The first-order chi connectivity index (χ1) is 8.79. The minimum absolute atomic E-state index is 0.133. The molecule has 2 rings (SSSR count). The van der Waals surface area contributed by atoms with Crippen LogP contribution >= 0.6 is 0 Å². The van der Waals surface area contributed by atoms with Gasteiger partial charge in [0.2, 0.25) is 0 Å². The molecule has 0 bridgehead atoms. The Bertz CT molecular complexity index is 259. The monoisotopic (exact) mass is 255 g/mol. The predicted molar refractivity (Wildman–Crippen MR) is 70.7 cm³/mol. The molecule has 0 atom stereocenters. The van der Waals surface area contributed by atoms with Crippen LogP contribution in [0.2, 0.25) is 0 Å². The molecule has 0 aromatic heterocycles. The molecule has 1 N–H and O–H groups in total. The van der Waals surface area contributed by atoms with Gasteiger partial charge in [-0.05, 0) is 12.8 Å². The fourth-order valence-corrected chi connectivity index (χ4v) is 2.73. The number of ether oxygens (including phenoxy) is 1. The second-order valence-corrected chi connectivity index (χ2v) is 5.25. The van der Waals surface area contributed by atoms with Crippen LogP contribution < -0.4 is 5.32 Å². The van der Waals surface area contributed by atoms with Crippen LogP contribution in [0.15, 0.2) is 0 Å². The van der Waals surface area contributed by atoms with Crippen LogP contribution in [0.1, 0.15) is 25.7 Å². The number of methoxy groups -OCH3 is 1. The molecule has 1 saturated carbocycles. The van der Waals surface area contributed by atoms with Gasteiger partial charge in [0, 0.05) is 45.9 Å². The van der Waals surface area contributed by atoms with E-state index in [-0.39, 0.29) is 6.03 Å². The van der Waals surface area contributed by atoms with E-state index in [1.54, 1.807) is 7.11 Å². The van der Waals surface area contributed by atoms with Gasteiger partial charge in [-0.3, -0.25) is 4.90 Å². The van der Waals surface area contributed by atoms with E-state index in [0.29, 0.717) is 6.04 Å². The predicted octanol–water partition coefficient (Wildman–Crippen LogP) is 0.903. The van der Waals surface area contributed by atoms with Crippen LogP contribution in [-0.4, -0.2) is 68.3 Å². The summed E-state index contributed by atoms with van der Waals surface area (Å²) in [7, 11) is 1.73. The molecule has 0 aromatic rings. The Kier molecular flexibility index (Phi) is 5.26. The first-order valence-electron chi connectivity index (χ1n) is 7.06. The van der Waals surface area contributed by atoms with Crippen molar-refractivity contribution in [3.63, 3.8) is 0 Å². The molecule has 18 heavy (non-hydrogen) atoms. The van der Waals surface area contributed by atoms with Gasteiger partial charge in [0.25, 0.3) is 0 Å². The number of carbonyl (C=O) groups excluding carboxylic acids is 1. The molecule has 0 unspecified atom stereocenters. The molecular formula is C13H25N3O2. The normalized spacial score (nSPS) is 22.4. The van der Waals surface area contributed by atoms with E-state index in [1.165, 1.54) is 12.8 Å². The lowest BCUT2D eigenvalue weighted by Gasteiger charge is -2.35. The van der Waals surface area contributed by atoms with E-state index >= 15 is 0 Å². The number of hydrogen-bond donors (Lipinski definition) is 1. The maximum atomic E-state index is 12.0. The molecule has 2 aliphatic rings. The van der Waals surface area contributed by atoms with Crippen molar-refractivity contribution in [2.24, 2.45) is 0 Å². The first kappa shape index (κ1) is 13.6. The number of nitrogens with one attached hydrogen (secondary N) is 1. The Morgan fingerprint density at radius 1 is 1.22 bits per heavy atom. The van der Waals surface area contributed by atoms with Crippen molar-refractivity contribution in [3.8, 4) is 0 Å². The Hall–Kier alpha value is -0.810. The lowest BCUT2D eigenvalue weighted by molar-refractivity contribution is 0.105. The molecular weight excluding hydrogens is 230 g/mol. The molecule has 2 fully saturated rings. The van der Waals surface area contributed by atoms with Gasteiger partial charge in [-0.25, -0.2) is 4.79 Å². The first-order valence-corrected chi connectivity index (χ1v) is 7.06. The lowest BCUT2D eigenvalue weighted by Crippen LogP contribution is -2.53. The highest BCUT2D eigenvalue weighted by atomic mass is 16.5. The highest BCUT2D eigenvalue weighted by Crippen LogP contribution is 2.18. The standard InChI is InChI=1S/C13H25N3O2/c1-18-11-10-15-6-8-16(9-7-15)13(17)14-12-4-2-3-5-12/h12H,2-11H2,1H3,(H,14,17). The van der Waals surface area contributed by atoms with Crippen molar-refractivity contribution in [1.29, 1.82) is 0 Å². The van der Waals surface area contributed by atoms with Crippen molar-refractivity contribution in [2.45, 2.75) is 31.7 Å². The number of piperazine rings is 1. The van der Waals surface area contributed by atoms with Gasteiger partial charge in [0.1, 0.15) is 0 Å². The fourth-order valence-electron chi connectivity index (χ4n) is 2.73. The summed E-state index contributed by atoms with van der Waals surface area (Å²) in [6.45, 7) is 5.33. The highest BCUT2D eigenvalue weighted by Gasteiger charge is 2.23. The van der Waals surface area contributed by atoms with Gasteiger partial charge in [0.05, 0.1) is 6.61 Å². The van der Waals surface area contributed by atoms with E-state index < -0.39 is 0 Å². The second-order valence-electron chi connectivity index (χ2n) is 5.25. The molecule has 1 saturated heterocycles. The SMILES string of the molecule is COCCN1CCN(C(=O)NC2CCCC2)CC1. The van der Waals surface area contributed by atoms with E-state index in [0.717, 1.165) is 52.2 Å². The fraction of sp³-hybridized carbons (Fsp3) is 0.923. The van der Waals surface area contributed by atoms with Crippen LogP contribution in [0.25, 0.3) is 0 Å². The van der Waals surface area contributed by atoms with Crippen LogP contribution in [-0.2, 0) is 4.74 Å². The second kappa shape index (κ2) is 6.95. The quantitative estimate of drug-likeness (QED) is 0.812. The largest absolute Gasteiger partial charge is 0.383 e. The third-order valence-electron chi connectivity index (χ3n) is 3.95. The Balaban J connectivity index is 1.66. The minimum Gasteiger partial charge on any atom is -0.383 e. The van der Waals surface area contributed by atoms with Gasteiger partial charge in [-0.1, -0.05) is 12.8 Å². The van der Waals surface area contributed by atoms with Crippen LogP contribution in [0.5, 0.6) is 0 Å². The molecule has 1 heterocycles. The molecule has 0 aromatic carbocycles. The van der Waals surface area contributed by atoms with Crippen molar-refractivity contribution in [1.82, 2.24) is 15.1 Å². The highest BCUT2D eigenvalue weighted by molar-refractivity contribution is 5.74. The third-order valence-corrected chi connectivity index (χ3v) is 3.95. The number of urea groups is 1. The zero-order valence-corrected chi connectivity index (χ0v) is 11.4. The summed E-state index contributed by atoms with van der Waals surface area (Å²) in [6, 6.07) is 0.553. The van der Waals surface area contributed by atoms with Crippen molar-refractivity contribution in [3.05, 3.63) is 0 Å². The van der Waals surface area contributed by atoms with Gasteiger partial charge >= 0.3 is 6.03 Å². The number of nitrogens with zero attached hydrogens (tertiary/aromatic N) is 2. The minimum atomic E-state index is 0.133. The van der Waals surface area contributed by atoms with Crippen LogP contribution in [0, 0.1) is 0 Å². The van der Waals surface area contributed by atoms with E-state index in [2.05, 4.69) is 10.2 Å². The van der Waals surface area contributed by atoms with Gasteiger partial charge in [0.15, 0.2) is 0 Å². The molecule has 104 valence electrons. The van der Waals surface area contributed by atoms with E-state index in [9.17, 15) is 4.79 Å². The number of hydrogen-bond acceptors (Lipinski definition) is 3. The van der Waals surface area contributed by atoms with E-state index in [1.807, 2.05) is 4.90 Å². The topological polar surface area (TPSA) is 44.8 Å². The van der Waals surface area contributed by atoms with Gasteiger partial charge in [-0.15, -0.1) is 0 Å². The zero-order valence-electron chi connectivity index (χ0n) is 11.4. The van der Waals surface area contributed by atoms with Crippen LogP contribution in [0.3, 0.4) is 0 Å². The number of amides is 2. The van der Waals surface area contributed by atoms with Crippen molar-refractivity contribution in [2.75, 3.05) is 46.4 Å². The summed E-state index contributed by atoms with van der Waals surface area (Å²) in [6.07, 6.45) is 4.82. The average Bonchev–Trinajstić information content (AvgIpc) is 2.89. The molecule has 0 spiro atoms. The van der Waals surface area contributed by atoms with Crippen molar-refractivity contribution >= 4 is 6.03 Å². The number of carbonyl (C=O) groups is 1. The Morgan fingerprint density at radius 3 is 2.50 bits per heavy atom. The van der Waals surface area contributed by atoms with Gasteiger partial charge < -0.3 is 15.0 Å². The molecule has 1 aliphatic carbocycles. The van der Waals surface area contributed by atoms with Crippen LogP contribution in [0.4, 0.5) is 4.79 Å². The maximum Gasteiger partial charge on any atom is 0.317 e. The zero-order chi connectivity index (χ0) is 12.8. The smallest absolute Gasteiger partial charge is 0.317 e. The maximum absolute atomic E-state index is 12.0. The van der Waals surface area contributed by atoms with Gasteiger partial charge in [-0.2, -0.15) is 0 Å². The summed E-state index contributed by atoms with van der Waals surface area (Å²) in [4.78, 5) is 16.3. The molecule has 0 radical (unpaired) electrons. The molecule has 1 aliphatic heterocycles. The van der Waals surface area contributed by atoms with Crippen molar-refractivity contribution < 1.29 is 9.53 Å². The third kappa shape index (κ3) is 3.85. The number of rotatable bonds is 4. The molecule has 5 nitrogen and oxygen atoms in total. The Morgan fingerprint density at radius 2 is 1.89 bits per heavy atom. The lowest BCUT2D eigenvalue weighted by atomic mass is 10.2.